The van der Waals surface area contributed by atoms with E-state index in [0.29, 0.717) is 24.1 Å². The van der Waals surface area contributed by atoms with Crippen molar-refractivity contribution in [2.24, 2.45) is 16.7 Å². The number of nitrogens with one attached hydrogen (secondary N) is 2. The predicted octanol–water partition coefficient (Wildman–Crippen LogP) is 2.44. The third kappa shape index (κ3) is 6.83. The number of amides is 4. The lowest BCUT2D eigenvalue weighted by molar-refractivity contribution is -0.141. The van der Waals surface area contributed by atoms with Crippen LogP contribution in [0.15, 0.2) is 11.7 Å². The Bertz CT molecular complexity index is 1170. The lowest BCUT2D eigenvalue weighted by Crippen LogP contribution is -2.65. The number of likely N-dealkylation sites (N-methyl/N-ethyl adjacent to an activating group) is 1. The van der Waals surface area contributed by atoms with Crippen molar-refractivity contribution in [3.8, 4) is 0 Å². The summed E-state index contributed by atoms with van der Waals surface area (Å²) in [5.41, 5.74) is 0.422. The van der Waals surface area contributed by atoms with E-state index in [0.717, 1.165) is 38.7 Å². The number of likely N-dealkylation sites (tertiary alicyclic amines) is 2. The van der Waals surface area contributed by atoms with Gasteiger partial charge < -0.3 is 34.6 Å². The first-order valence-electron chi connectivity index (χ1n) is 15.2. The SMILES string of the molecule is CNC(=O)[C@@H](NC(=O)[C@@H]1CN(C(=O)c2cncs2)CC12CN(C(=O)OC(C)(C)C)C2)[C@@H](C)OCCC12CCC(CC1)OC2. The number of ether oxygens (including phenoxy) is 3. The fraction of sp³-hybridized carbons (Fsp3) is 0.767. The van der Waals surface area contributed by atoms with Crippen LogP contribution in [0.2, 0.25) is 0 Å². The molecule has 12 nitrogen and oxygen atoms in total. The Balaban J connectivity index is 1.26. The normalized spacial score (nSPS) is 27.4. The Morgan fingerprint density at radius 3 is 2.44 bits per heavy atom. The van der Waals surface area contributed by atoms with Crippen molar-refractivity contribution >= 4 is 35.2 Å². The molecule has 43 heavy (non-hydrogen) atoms. The number of fused-ring (bicyclic) bond motifs is 3. The van der Waals surface area contributed by atoms with E-state index in [2.05, 4.69) is 15.6 Å². The van der Waals surface area contributed by atoms with Gasteiger partial charge in [0.15, 0.2) is 0 Å². The molecular formula is C30H45N5O7S. The highest BCUT2D eigenvalue weighted by Gasteiger charge is 2.59. The smallest absolute Gasteiger partial charge is 0.410 e. The van der Waals surface area contributed by atoms with Gasteiger partial charge in [-0.3, -0.25) is 19.4 Å². The second-order valence-corrected chi connectivity index (χ2v) is 14.6. The molecule has 2 N–H and O–H groups in total. The maximum Gasteiger partial charge on any atom is 0.410 e. The molecular weight excluding hydrogens is 574 g/mol. The minimum atomic E-state index is -0.918. The molecule has 5 aliphatic rings. The molecule has 5 fully saturated rings. The Labute approximate surface area is 257 Å². The Kier molecular flexibility index (Phi) is 9.06. The minimum absolute atomic E-state index is 0.134. The number of carbonyl (C=O) groups is 4. The highest BCUT2D eigenvalue weighted by atomic mass is 32.1. The number of nitrogens with zero attached hydrogens (tertiary/aromatic N) is 3. The van der Waals surface area contributed by atoms with Crippen molar-refractivity contribution < 1.29 is 33.4 Å². The molecule has 0 unspecified atom stereocenters. The number of hydrogen-bond donors (Lipinski definition) is 2. The molecule has 1 spiro atoms. The predicted molar refractivity (Wildman–Crippen MR) is 158 cm³/mol. The molecule has 13 heteroatoms. The summed E-state index contributed by atoms with van der Waals surface area (Å²) in [6.45, 7) is 9.45. The van der Waals surface area contributed by atoms with E-state index in [4.69, 9.17) is 14.2 Å². The van der Waals surface area contributed by atoms with E-state index in [-0.39, 0.29) is 42.8 Å². The maximum atomic E-state index is 13.9. The lowest BCUT2D eigenvalue weighted by Gasteiger charge is -2.50. The standard InChI is InChI=1S/C30H45N5O7S/c1-19(40-11-10-29-8-6-20(7-9-29)41-17-29)23(25(37)31-5)33-24(36)21-13-34(26(38)22-12-32-18-43-22)14-30(21)15-35(16-30)27(39)42-28(2,3)4/h12,18-21,23H,6-11,13-17H2,1-5H3,(H,31,37)(H,33,36)/t19-,20?,21+,23+,29?/m1/s1. The largest absolute Gasteiger partial charge is 0.444 e. The molecule has 0 aromatic carbocycles. The van der Waals surface area contributed by atoms with E-state index >= 15 is 0 Å². The Morgan fingerprint density at radius 2 is 1.86 bits per heavy atom. The molecule has 5 heterocycles. The van der Waals surface area contributed by atoms with Crippen LogP contribution in [0.1, 0.15) is 69.5 Å². The molecule has 238 valence electrons. The monoisotopic (exact) mass is 619 g/mol. The third-order valence-corrected chi connectivity index (χ3v) is 10.2. The van der Waals surface area contributed by atoms with Gasteiger partial charge in [0, 0.05) is 45.2 Å². The van der Waals surface area contributed by atoms with Crippen LogP contribution >= 0.6 is 11.3 Å². The fourth-order valence-corrected chi connectivity index (χ4v) is 7.53. The zero-order valence-electron chi connectivity index (χ0n) is 25.8. The van der Waals surface area contributed by atoms with Gasteiger partial charge in [-0.25, -0.2) is 4.79 Å². The van der Waals surface area contributed by atoms with E-state index < -0.39 is 35.2 Å². The van der Waals surface area contributed by atoms with Crippen LogP contribution in [-0.4, -0.2) is 109 Å². The topological polar surface area (TPSA) is 139 Å². The van der Waals surface area contributed by atoms with Crippen LogP contribution in [0.25, 0.3) is 0 Å². The van der Waals surface area contributed by atoms with Crippen molar-refractivity contribution in [1.82, 2.24) is 25.4 Å². The van der Waals surface area contributed by atoms with Gasteiger partial charge in [-0.05, 0) is 65.2 Å². The second-order valence-electron chi connectivity index (χ2n) is 13.7. The van der Waals surface area contributed by atoms with Gasteiger partial charge in [0.05, 0.1) is 36.4 Å². The number of hydrogen-bond acceptors (Lipinski definition) is 9. The van der Waals surface area contributed by atoms with Gasteiger partial charge in [0.2, 0.25) is 11.8 Å². The van der Waals surface area contributed by atoms with Gasteiger partial charge in [0.25, 0.3) is 5.91 Å². The highest BCUT2D eigenvalue weighted by Crippen LogP contribution is 2.46. The van der Waals surface area contributed by atoms with Crippen LogP contribution in [0, 0.1) is 16.7 Å². The van der Waals surface area contributed by atoms with Gasteiger partial charge in [0.1, 0.15) is 16.5 Å². The molecule has 4 aliphatic heterocycles. The molecule has 1 aromatic heterocycles. The van der Waals surface area contributed by atoms with Crippen LogP contribution < -0.4 is 10.6 Å². The number of rotatable bonds is 9. The first kappa shape index (κ1) is 31.6. The van der Waals surface area contributed by atoms with Gasteiger partial charge >= 0.3 is 6.09 Å². The van der Waals surface area contributed by atoms with Crippen molar-refractivity contribution in [3.05, 3.63) is 16.6 Å². The zero-order chi connectivity index (χ0) is 31.0. The molecule has 0 radical (unpaired) electrons. The molecule has 6 rings (SSSR count). The molecule has 1 aromatic rings. The van der Waals surface area contributed by atoms with Gasteiger partial charge in [-0.15, -0.1) is 11.3 Å². The van der Waals surface area contributed by atoms with Crippen LogP contribution in [0.4, 0.5) is 4.79 Å². The summed E-state index contributed by atoms with van der Waals surface area (Å²) >= 11 is 1.24. The molecule has 4 amide bonds. The maximum absolute atomic E-state index is 13.9. The number of aromatic nitrogens is 1. The second kappa shape index (κ2) is 12.3. The van der Waals surface area contributed by atoms with Crippen molar-refractivity contribution in [2.75, 3.05) is 46.4 Å². The van der Waals surface area contributed by atoms with E-state index in [1.807, 2.05) is 0 Å². The van der Waals surface area contributed by atoms with Gasteiger partial charge in [-0.2, -0.15) is 0 Å². The minimum Gasteiger partial charge on any atom is -0.444 e. The summed E-state index contributed by atoms with van der Waals surface area (Å²) in [6, 6.07) is -0.918. The van der Waals surface area contributed by atoms with Crippen molar-refractivity contribution in [1.29, 1.82) is 0 Å². The van der Waals surface area contributed by atoms with Crippen LogP contribution in [0.3, 0.4) is 0 Å². The first-order valence-corrected chi connectivity index (χ1v) is 16.1. The quantitative estimate of drug-likeness (QED) is 0.430. The summed E-state index contributed by atoms with van der Waals surface area (Å²) in [4.78, 5) is 60.6. The average molecular weight is 620 g/mol. The molecule has 2 bridgehead atoms. The average Bonchev–Trinajstić information content (AvgIpc) is 3.63. The van der Waals surface area contributed by atoms with Crippen LogP contribution in [0.5, 0.6) is 0 Å². The Hall–Kier alpha value is -2.77. The van der Waals surface area contributed by atoms with Crippen LogP contribution in [-0.2, 0) is 23.8 Å². The summed E-state index contributed by atoms with van der Waals surface area (Å²) in [7, 11) is 1.53. The molecule has 3 atom stereocenters. The van der Waals surface area contributed by atoms with Gasteiger partial charge in [-0.1, -0.05) is 0 Å². The van der Waals surface area contributed by atoms with E-state index in [1.165, 1.54) is 24.6 Å². The third-order valence-electron chi connectivity index (χ3n) is 9.49. The summed E-state index contributed by atoms with van der Waals surface area (Å²) < 4.78 is 17.6. The molecule has 4 saturated heterocycles. The van der Waals surface area contributed by atoms with Crippen molar-refractivity contribution in [2.45, 2.75) is 83.6 Å². The highest BCUT2D eigenvalue weighted by molar-refractivity contribution is 7.11. The zero-order valence-corrected chi connectivity index (χ0v) is 26.7. The lowest BCUT2D eigenvalue weighted by atomic mass is 9.69. The molecule has 1 aliphatic carbocycles. The summed E-state index contributed by atoms with van der Waals surface area (Å²) in [5, 5.41) is 5.60. The fourth-order valence-electron chi connectivity index (χ4n) is 6.95. The van der Waals surface area contributed by atoms with E-state index in [1.54, 1.807) is 43.0 Å². The number of thiazole rings is 1. The summed E-state index contributed by atoms with van der Waals surface area (Å²) in [6.07, 6.45) is 6.17. The summed E-state index contributed by atoms with van der Waals surface area (Å²) in [5.74, 6) is -1.53. The molecule has 1 saturated carbocycles. The van der Waals surface area contributed by atoms with E-state index in [9.17, 15) is 19.2 Å². The first-order chi connectivity index (χ1) is 20.3. The number of carbonyl (C=O) groups excluding carboxylic acids is 4. The van der Waals surface area contributed by atoms with Crippen molar-refractivity contribution in [3.63, 3.8) is 0 Å². The Morgan fingerprint density at radius 1 is 1.16 bits per heavy atom.